The predicted octanol–water partition coefficient (Wildman–Crippen LogP) is 3.11. The Labute approximate surface area is 113 Å². The molecule has 0 saturated heterocycles. The van der Waals surface area contributed by atoms with E-state index in [9.17, 15) is 15.2 Å². The Hall–Kier alpha value is -1.62. The lowest BCUT2D eigenvalue weighted by molar-refractivity contribution is -0.384. The summed E-state index contributed by atoms with van der Waals surface area (Å²) in [6.45, 7) is 6.72. The molecule has 1 aromatic rings. The monoisotopic (exact) mass is 266 g/mol. The Morgan fingerprint density at radius 1 is 1.37 bits per heavy atom. The Kier molecular flexibility index (Phi) is 5.30. The maximum absolute atomic E-state index is 10.8. The van der Waals surface area contributed by atoms with Crippen LogP contribution < -0.4 is 5.32 Å². The smallest absolute Gasteiger partial charge is 0.271 e. The minimum atomic E-state index is -0.399. The molecule has 1 aromatic carbocycles. The number of nitro groups is 1. The van der Waals surface area contributed by atoms with Gasteiger partial charge in [-0.25, -0.2) is 0 Å². The molecular weight excluding hydrogens is 244 g/mol. The van der Waals surface area contributed by atoms with Gasteiger partial charge < -0.3 is 10.4 Å². The van der Waals surface area contributed by atoms with E-state index in [0.29, 0.717) is 6.54 Å². The molecule has 0 amide bonds. The molecule has 0 radical (unpaired) electrons. The average molecular weight is 266 g/mol. The second-order valence-electron chi connectivity index (χ2n) is 4.98. The molecule has 19 heavy (non-hydrogen) atoms. The number of anilines is 1. The van der Waals surface area contributed by atoms with Crippen LogP contribution in [-0.4, -0.2) is 23.2 Å². The second-order valence-corrected chi connectivity index (χ2v) is 4.98. The summed E-state index contributed by atoms with van der Waals surface area (Å²) in [6, 6.07) is 4.78. The van der Waals surface area contributed by atoms with E-state index in [-0.39, 0.29) is 17.7 Å². The van der Waals surface area contributed by atoms with Crippen LogP contribution in [0.2, 0.25) is 0 Å². The van der Waals surface area contributed by atoms with Crippen molar-refractivity contribution in [2.75, 3.05) is 18.5 Å². The third-order valence-electron chi connectivity index (χ3n) is 3.92. The normalized spacial score (nSPS) is 11.4. The summed E-state index contributed by atoms with van der Waals surface area (Å²) in [5, 5.41) is 23.5. The van der Waals surface area contributed by atoms with Gasteiger partial charge in [-0.1, -0.05) is 19.9 Å². The zero-order chi connectivity index (χ0) is 14.5. The summed E-state index contributed by atoms with van der Waals surface area (Å²) in [4.78, 5) is 10.4. The van der Waals surface area contributed by atoms with E-state index < -0.39 is 4.92 Å². The first-order valence-electron chi connectivity index (χ1n) is 6.57. The zero-order valence-electron chi connectivity index (χ0n) is 11.8. The molecule has 0 unspecified atom stereocenters. The van der Waals surface area contributed by atoms with Crippen molar-refractivity contribution in [1.82, 2.24) is 0 Å². The fourth-order valence-corrected chi connectivity index (χ4v) is 1.98. The number of non-ortho nitro benzene ring substituents is 1. The quantitative estimate of drug-likeness (QED) is 0.587. The van der Waals surface area contributed by atoms with Crippen molar-refractivity contribution >= 4 is 11.4 Å². The zero-order valence-corrected chi connectivity index (χ0v) is 11.8. The SMILES string of the molecule is CCC(CC)(CO)CNc1cc([N+](=O)[O-])ccc1C. The lowest BCUT2D eigenvalue weighted by Gasteiger charge is -2.30. The summed E-state index contributed by atoms with van der Waals surface area (Å²) in [5.41, 5.74) is 1.63. The number of rotatable bonds is 7. The van der Waals surface area contributed by atoms with Gasteiger partial charge >= 0.3 is 0 Å². The molecule has 106 valence electrons. The van der Waals surface area contributed by atoms with Crippen molar-refractivity contribution in [2.24, 2.45) is 5.41 Å². The van der Waals surface area contributed by atoms with Crippen molar-refractivity contribution in [3.05, 3.63) is 33.9 Å². The number of hydrogen-bond acceptors (Lipinski definition) is 4. The fourth-order valence-electron chi connectivity index (χ4n) is 1.98. The molecule has 0 aliphatic heterocycles. The first kappa shape index (κ1) is 15.4. The summed E-state index contributed by atoms with van der Waals surface area (Å²) in [7, 11) is 0. The molecule has 5 heteroatoms. The Morgan fingerprint density at radius 3 is 2.47 bits per heavy atom. The van der Waals surface area contributed by atoms with E-state index in [2.05, 4.69) is 5.32 Å². The maximum Gasteiger partial charge on any atom is 0.271 e. The first-order valence-corrected chi connectivity index (χ1v) is 6.57. The topological polar surface area (TPSA) is 75.4 Å². The number of aliphatic hydroxyl groups excluding tert-OH is 1. The number of aliphatic hydroxyl groups is 1. The molecular formula is C14H22N2O3. The molecule has 0 fully saturated rings. The van der Waals surface area contributed by atoms with Crippen LogP contribution in [0.5, 0.6) is 0 Å². The van der Waals surface area contributed by atoms with Crippen LogP contribution in [0.3, 0.4) is 0 Å². The molecule has 5 nitrogen and oxygen atoms in total. The van der Waals surface area contributed by atoms with Crippen molar-refractivity contribution in [3.63, 3.8) is 0 Å². The van der Waals surface area contributed by atoms with Gasteiger partial charge in [-0.2, -0.15) is 0 Å². The standard InChI is InChI=1S/C14H22N2O3/c1-4-14(5-2,10-17)9-15-13-8-12(16(18)19)7-6-11(13)3/h6-8,15,17H,4-5,9-10H2,1-3H3. The van der Waals surface area contributed by atoms with Gasteiger partial charge in [0, 0.05) is 29.8 Å². The molecule has 0 spiro atoms. The van der Waals surface area contributed by atoms with Crippen LogP contribution in [0, 0.1) is 22.5 Å². The molecule has 0 atom stereocenters. The number of nitrogens with zero attached hydrogens (tertiary/aromatic N) is 1. The molecule has 0 heterocycles. The lowest BCUT2D eigenvalue weighted by Crippen LogP contribution is -2.32. The molecule has 2 N–H and O–H groups in total. The van der Waals surface area contributed by atoms with E-state index in [1.54, 1.807) is 12.1 Å². The minimum absolute atomic E-state index is 0.0793. The van der Waals surface area contributed by atoms with Crippen molar-refractivity contribution < 1.29 is 10.0 Å². The third kappa shape index (κ3) is 3.67. The van der Waals surface area contributed by atoms with Gasteiger partial charge in [0.25, 0.3) is 5.69 Å². The van der Waals surface area contributed by atoms with E-state index in [1.807, 2.05) is 20.8 Å². The van der Waals surface area contributed by atoms with E-state index in [4.69, 9.17) is 0 Å². The fraction of sp³-hybridized carbons (Fsp3) is 0.571. The van der Waals surface area contributed by atoms with Gasteiger partial charge in [0.15, 0.2) is 0 Å². The Morgan fingerprint density at radius 2 is 2.00 bits per heavy atom. The van der Waals surface area contributed by atoms with Gasteiger partial charge in [-0.15, -0.1) is 0 Å². The van der Waals surface area contributed by atoms with E-state index in [0.717, 1.165) is 24.1 Å². The highest BCUT2D eigenvalue weighted by atomic mass is 16.6. The second kappa shape index (κ2) is 6.52. The van der Waals surface area contributed by atoms with Crippen LogP contribution in [0.25, 0.3) is 0 Å². The molecule has 0 aliphatic carbocycles. The molecule has 1 rings (SSSR count). The number of nitrogens with one attached hydrogen (secondary N) is 1. The minimum Gasteiger partial charge on any atom is -0.396 e. The average Bonchev–Trinajstić information content (AvgIpc) is 2.42. The maximum atomic E-state index is 10.8. The number of aryl methyl sites for hydroxylation is 1. The summed E-state index contributed by atoms with van der Waals surface area (Å²) >= 11 is 0. The highest BCUT2D eigenvalue weighted by Gasteiger charge is 2.25. The first-order chi connectivity index (χ1) is 8.98. The van der Waals surface area contributed by atoms with Crippen LogP contribution in [-0.2, 0) is 0 Å². The lowest BCUT2D eigenvalue weighted by atomic mass is 9.83. The number of benzene rings is 1. The Balaban J connectivity index is 2.87. The number of nitro benzene ring substituents is 1. The van der Waals surface area contributed by atoms with Crippen molar-refractivity contribution in [1.29, 1.82) is 0 Å². The molecule has 0 aliphatic rings. The van der Waals surface area contributed by atoms with Crippen molar-refractivity contribution in [2.45, 2.75) is 33.6 Å². The summed E-state index contributed by atoms with van der Waals surface area (Å²) in [6.07, 6.45) is 1.72. The molecule has 0 aromatic heterocycles. The van der Waals surface area contributed by atoms with Crippen molar-refractivity contribution in [3.8, 4) is 0 Å². The molecule has 0 saturated carbocycles. The highest BCUT2D eigenvalue weighted by molar-refractivity contribution is 5.56. The van der Waals surface area contributed by atoms with Crippen LogP contribution in [0.15, 0.2) is 18.2 Å². The summed E-state index contributed by atoms with van der Waals surface area (Å²) in [5.74, 6) is 0. The van der Waals surface area contributed by atoms with Crippen LogP contribution >= 0.6 is 0 Å². The molecule has 0 bridgehead atoms. The highest BCUT2D eigenvalue weighted by Crippen LogP contribution is 2.28. The van der Waals surface area contributed by atoms with Gasteiger partial charge in [0.2, 0.25) is 0 Å². The van der Waals surface area contributed by atoms with Gasteiger partial charge in [-0.05, 0) is 25.3 Å². The van der Waals surface area contributed by atoms with Gasteiger partial charge in [-0.3, -0.25) is 10.1 Å². The number of hydrogen-bond donors (Lipinski definition) is 2. The van der Waals surface area contributed by atoms with Gasteiger partial charge in [0.05, 0.1) is 11.5 Å². The Bertz CT molecular complexity index is 434. The van der Waals surface area contributed by atoms with Crippen LogP contribution in [0.1, 0.15) is 32.3 Å². The van der Waals surface area contributed by atoms with E-state index >= 15 is 0 Å². The summed E-state index contributed by atoms with van der Waals surface area (Å²) < 4.78 is 0. The largest absolute Gasteiger partial charge is 0.396 e. The van der Waals surface area contributed by atoms with Gasteiger partial charge in [0.1, 0.15) is 0 Å². The predicted molar refractivity (Wildman–Crippen MR) is 76.4 cm³/mol. The van der Waals surface area contributed by atoms with Crippen LogP contribution in [0.4, 0.5) is 11.4 Å². The third-order valence-corrected chi connectivity index (χ3v) is 3.92. The van der Waals surface area contributed by atoms with E-state index in [1.165, 1.54) is 6.07 Å².